The number of rotatable bonds is 1. The zero-order valence-electron chi connectivity index (χ0n) is 7.11. The molecular formula is C9H9NO3. The van der Waals surface area contributed by atoms with E-state index in [4.69, 9.17) is 5.73 Å². The molecule has 0 saturated carbocycles. The minimum atomic E-state index is -1.10. The molecule has 0 aliphatic heterocycles. The number of hydrogen-bond donors (Lipinski definition) is 1. The van der Waals surface area contributed by atoms with Crippen molar-refractivity contribution in [3.8, 4) is 5.75 Å². The lowest BCUT2D eigenvalue weighted by atomic mass is 10.2. The van der Waals surface area contributed by atoms with E-state index in [1.54, 1.807) is 18.2 Å². The second kappa shape index (κ2) is 3.71. The Labute approximate surface area is 75.3 Å². The van der Waals surface area contributed by atoms with Crippen molar-refractivity contribution in [2.45, 2.75) is 6.92 Å². The molecule has 1 aromatic carbocycles. The number of nitrogens with two attached hydrogens (primary N) is 1. The van der Waals surface area contributed by atoms with Gasteiger partial charge in [-0.05, 0) is 24.6 Å². The molecule has 4 heteroatoms. The largest absolute Gasteiger partial charge is 0.419 e. The van der Waals surface area contributed by atoms with Crippen molar-refractivity contribution in [2.24, 2.45) is 5.73 Å². The van der Waals surface area contributed by atoms with Gasteiger partial charge in [0, 0.05) is 0 Å². The van der Waals surface area contributed by atoms with Crippen molar-refractivity contribution in [3.63, 3.8) is 0 Å². The van der Waals surface area contributed by atoms with E-state index in [-0.39, 0.29) is 0 Å². The quantitative estimate of drug-likeness (QED) is 0.385. The third-order valence-corrected chi connectivity index (χ3v) is 1.40. The molecule has 0 atom stereocenters. The number of hydrogen-bond acceptors (Lipinski definition) is 3. The van der Waals surface area contributed by atoms with Crippen LogP contribution in [0, 0.1) is 6.92 Å². The standard InChI is InChI=1S/C9H9NO3/c1-6-3-2-4-7(5-6)13-9(12)8(10)11/h2-5H,1H3,(H2,10,11). The number of carbonyl (C=O) groups excluding carboxylic acids is 2. The summed E-state index contributed by atoms with van der Waals surface area (Å²) in [7, 11) is 0. The van der Waals surface area contributed by atoms with E-state index in [9.17, 15) is 9.59 Å². The molecule has 0 unspecified atom stereocenters. The highest BCUT2D eigenvalue weighted by atomic mass is 16.5. The first-order chi connectivity index (χ1) is 6.09. The fourth-order valence-electron chi connectivity index (χ4n) is 0.836. The van der Waals surface area contributed by atoms with Gasteiger partial charge in [-0.15, -0.1) is 0 Å². The van der Waals surface area contributed by atoms with Gasteiger partial charge in [0.1, 0.15) is 5.75 Å². The van der Waals surface area contributed by atoms with Gasteiger partial charge in [-0.3, -0.25) is 4.79 Å². The van der Waals surface area contributed by atoms with Crippen LogP contribution < -0.4 is 10.5 Å². The lowest BCUT2D eigenvalue weighted by molar-refractivity contribution is -0.146. The molecule has 0 bridgehead atoms. The van der Waals surface area contributed by atoms with Gasteiger partial charge in [0.25, 0.3) is 0 Å². The van der Waals surface area contributed by atoms with Gasteiger partial charge in [-0.25, -0.2) is 4.79 Å². The monoisotopic (exact) mass is 179 g/mol. The Morgan fingerprint density at radius 2 is 2.08 bits per heavy atom. The molecule has 68 valence electrons. The summed E-state index contributed by atoms with van der Waals surface area (Å²) in [5, 5.41) is 0. The SMILES string of the molecule is Cc1cccc(OC(=O)C(N)=O)c1. The Kier molecular flexibility index (Phi) is 2.64. The number of esters is 1. The summed E-state index contributed by atoms with van der Waals surface area (Å²) in [6, 6.07) is 6.79. The first kappa shape index (κ1) is 9.25. The molecule has 0 fully saturated rings. The molecule has 0 spiro atoms. The van der Waals surface area contributed by atoms with E-state index in [1.165, 1.54) is 0 Å². The normalized spacial score (nSPS) is 9.31. The summed E-state index contributed by atoms with van der Waals surface area (Å²) in [6.45, 7) is 1.85. The van der Waals surface area contributed by atoms with Crippen LogP contribution in [-0.4, -0.2) is 11.9 Å². The molecule has 1 rings (SSSR count). The first-order valence-corrected chi connectivity index (χ1v) is 3.68. The zero-order chi connectivity index (χ0) is 9.84. The van der Waals surface area contributed by atoms with Gasteiger partial charge < -0.3 is 10.5 Å². The van der Waals surface area contributed by atoms with Gasteiger partial charge >= 0.3 is 11.9 Å². The van der Waals surface area contributed by atoms with Crippen LogP contribution in [-0.2, 0) is 9.59 Å². The second-order valence-corrected chi connectivity index (χ2v) is 2.57. The number of benzene rings is 1. The third kappa shape index (κ3) is 2.59. The molecule has 1 amide bonds. The van der Waals surface area contributed by atoms with Crippen LogP contribution in [0.3, 0.4) is 0 Å². The van der Waals surface area contributed by atoms with E-state index in [1.807, 2.05) is 13.0 Å². The van der Waals surface area contributed by atoms with Gasteiger partial charge in [0.15, 0.2) is 0 Å². The predicted octanol–water partition coefficient (Wildman–Crippen LogP) is 0.386. The zero-order valence-corrected chi connectivity index (χ0v) is 7.11. The van der Waals surface area contributed by atoms with Gasteiger partial charge in [-0.2, -0.15) is 0 Å². The van der Waals surface area contributed by atoms with Crippen LogP contribution in [0.1, 0.15) is 5.56 Å². The van der Waals surface area contributed by atoms with Gasteiger partial charge in [-0.1, -0.05) is 12.1 Å². The maximum atomic E-state index is 10.7. The van der Waals surface area contributed by atoms with Crippen LogP contribution in [0.4, 0.5) is 0 Å². The molecule has 0 aliphatic carbocycles. The van der Waals surface area contributed by atoms with E-state index >= 15 is 0 Å². The Morgan fingerprint density at radius 1 is 1.38 bits per heavy atom. The Hall–Kier alpha value is -1.84. The van der Waals surface area contributed by atoms with Gasteiger partial charge in [0.05, 0.1) is 0 Å². The first-order valence-electron chi connectivity index (χ1n) is 3.68. The number of primary amides is 1. The topological polar surface area (TPSA) is 69.4 Å². The fraction of sp³-hybridized carbons (Fsp3) is 0.111. The van der Waals surface area contributed by atoms with Gasteiger partial charge in [0.2, 0.25) is 0 Å². The molecule has 13 heavy (non-hydrogen) atoms. The Balaban J connectivity index is 2.75. The Bertz CT molecular complexity index is 346. The van der Waals surface area contributed by atoms with Crippen LogP contribution in [0.15, 0.2) is 24.3 Å². The molecule has 4 nitrogen and oxygen atoms in total. The van der Waals surface area contributed by atoms with E-state index in [0.29, 0.717) is 5.75 Å². The van der Waals surface area contributed by atoms with Crippen molar-refractivity contribution in [3.05, 3.63) is 29.8 Å². The molecule has 1 aromatic rings. The van der Waals surface area contributed by atoms with Crippen LogP contribution in [0.25, 0.3) is 0 Å². The lowest BCUT2D eigenvalue weighted by Gasteiger charge is -2.01. The molecule has 0 heterocycles. The third-order valence-electron chi connectivity index (χ3n) is 1.40. The summed E-state index contributed by atoms with van der Waals surface area (Å²) >= 11 is 0. The van der Waals surface area contributed by atoms with E-state index in [0.717, 1.165) is 5.56 Å². The molecule has 0 aromatic heterocycles. The predicted molar refractivity (Wildman–Crippen MR) is 46.0 cm³/mol. The summed E-state index contributed by atoms with van der Waals surface area (Å²) in [6.07, 6.45) is 0. The van der Waals surface area contributed by atoms with Crippen molar-refractivity contribution in [1.29, 1.82) is 0 Å². The molecule has 0 radical (unpaired) electrons. The minimum Gasteiger partial charge on any atom is -0.419 e. The van der Waals surface area contributed by atoms with Crippen molar-refractivity contribution >= 4 is 11.9 Å². The lowest BCUT2D eigenvalue weighted by Crippen LogP contribution is -2.27. The summed E-state index contributed by atoms with van der Waals surface area (Å²) in [5.74, 6) is -1.82. The molecule has 0 aliphatic rings. The highest BCUT2D eigenvalue weighted by Crippen LogP contribution is 2.12. The number of carbonyl (C=O) groups is 2. The average Bonchev–Trinajstić information content (AvgIpc) is 2.04. The van der Waals surface area contributed by atoms with E-state index < -0.39 is 11.9 Å². The smallest absolute Gasteiger partial charge is 0.401 e. The number of ether oxygens (including phenoxy) is 1. The molecular weight excluding hydrogens is 170 g/mol. The summed E-state index contributed by atoms with van der Waals surface area (Å²) in [5.41, 5.74) is 5.65. The highest BCUT2D eigenvalue weighted by molar-refractivity contribution is 6.32. The van der Waals surface area contributed by atoms with Crippen molar-refractivity contribution < 1.29 is 14.3 Å². The highest BCUT2D eigenvalue weighted by Gasteiger charge is 2.10. The second-order valence-electron chi connectivity index (χ2n) is 2.57. The van der Waals surface area contributed by atoms with Crippen molar-refractivity contribution in [1.82, 2.24) is 0 Å². The number of aryl methyl sites for hydroxylation is 1. The summed E-state index contributed by atoms with van der Waals surface area (Å²) in [4.78, 5) is 21.1. The van der Waals surface area contributed by atoms with Crippen LogP contribution in [0.2, 0.25) is 0 Å². The maximum Gasteiger partial charge on any atom is 0.401 e. The van der Waals surface area contributed by atoms with Crippen molar-refractivity contribution in [2.75, 3.05) is 0 Å². The fourth-order valence-corrected chi connectivity index (χ4v) is 0.836. The number of amides is 1. The minimum absolute atomic E-state index is 0.323. The van der Waals surface area contributed by atoms with Crippen LogP contribution in [0.5, 0.6) is 5.75 Å². The van der Waals surface area contributed by atoms with Crippen LogP contribution >= 0.6 is 0 Å². The maximum absolute atomic E-state index is 10.7. The summed E-state index contributed by atoms with van der Waals surface area (Å²) < 4.78 is 4.64. The Morgan fingerprint density at radius 3 is 2.62 bits per heavy atom. The molecule has 2 N–H and O–H groups in total. The molecule has 0 saturated heterocycles. The average molecular weight is 179 g/mol. The van der Waals surface area contributed by atoms with E-state index in [2.05, 4.69) is 4.74 Å².